The first-order chi connectivity index (χ1) is 14.1. The standard InChI is InChI=1S/C23H23N3O3/c1-17-7-6-10-20(13-17)25-23(27)16-29-21-12-11-18(14-22(21)28-2)15-24-26-19-8-4-3-5-9-19/h3-15,26H,16H2,1-2H3,(H,25,27)/b24-15+. The van der Waals surface area contributed by atoms with Crippen LogP contribution in [0.15, 0.2) is 77.9 Å². The molecule has 0 aromatic heterocycles. The third-order valence-electron chi connectivity index (χ3n) is 4.03. The van der Waals surface area contributed by atoms with Crippen molar-refractivity contribution in [2.24, 2.45) is 5.10 Å². The Bertz CT molecular complexity index is 988. The number of rotatable bonds is 8. The van der Waals surface area contributed by atoms with Gasteiger partial charge in [0.25, 0.3) is 5.91 Å². The molecule has 0 spiro atoms. The van der Waals surface area contributed by atoms with Gasteiger partial charge in [-0.3, -0.25) is 10.2 Å². The summed E-state index contributed by atoms with van der Waals surface area (Å²) in [7, 11) is 1.55. The van der Waals surface area contributed by atoms with Crippen LogP contribution in [-0.2, 0) is 4.79 Å². The molecule has 0 fully saturated rings. The highest BCUT2D eigenvalue weighted by Crippen LogP contribution is 2.27. The van der Waals surface area contributed by atoms with Crippen LogP contribution in [0, 0.1) is 6.92 Å². The summed E-state index contributed by atoms with van der Waals surface area (Å²) < 4.78 is 11.0. The summed E-state index contributed by atoms with van der Waals surface area (Å²) in [5.74, 6) is 0.771. The molecule has 1 amide bonds. The lowest BCUT2D eigenvalue weighted by Crippen LogP contribution is -2.20. The van der Waals surface area contributed by atoms with Crippen LogP contribution >= 0.6 is 0 Å². The average Bonchev–Trinajstić information content (AvgIpc) is 2.73. The van der Waals surface area contributed by atoms with Gasteiger partial charge >= 0.3 is 0 Å². The van der Waals surface area contributed by atoms with Crippen LogP contribution in [0.1, 0.15) is 11.1 Å². The summed E-state index contributed by atoms with van der Waals surface area (Å²) in [4.78, 5) is 12.1. The molecule has 0 radical (unpaired) electrons. The van der Waals surface area contributed by atoms with E-state index in [1.54, 1.807) is 25.5 Å². The molecule has 6 heteroatoms. The molecule has 0 saturated heterocycles. The van der Waals surface area contributed by atoms with Gasteiger partial charge in [0.1, 0.15) is 0 Å². The van der Waals surface area contributed by atoms with E-state index >= 15 is 0 Å². The quantitative estimate of drug-likeness (QED) is 0.441. The highest BCUT2D eigenvalue weighted by molar-refractivity contribution is 5.92. The van der Waals surface area contributed by atoms with E-state index in [0.717, 1.165) is 22.5 Å². The summed E-state index contributed by atoms with van der Waals surface area (Å²) in [5, 5.41) is 7.02. The Labute approximate surface area is 170 Å². The number of aryl methyl sites for hydroxylation is 1. The third kappa shape index (κ3) is 6.10. The van der Waals surface area contributed by atoms with Gasteiger partial charge in [-0.15, -0.1) is 0 Å². The number of nitrogens with one attached hydrogen (secondary N) is 2. The SMILES string of the molecule is COc1cc(/C=N/Nc2ccccc2)ccc1OCC(=O)Nc1cccc(C)c1. The van der Waals surface area contributed by atoms with Crippen molar-refractivity contribution in [3.05, 3.63) is 83.9 Å². The molecular weight excluding hydrogens is 366 g/mol. The fourth-order valence-electron chi connectivity index (χ4n) is 2.64. The summed E-state index contributed by atoms with van der Waals surface area (Å²) in [6.07, 6.45) is 1.68. The van der Waals surface area contributed by atoms with E-state index in [1.165, 1.54) is 0 Å². The summed E-state index contributed by atoms with van der Waals surface area (Å²) in [6, 6.07) is 22.6. The Balaban J connectivity index is 1.57. The van der Waals surface area contributed by atoms with E-state index in [1.807, 2.05) is 67.6 Å². The molecule has 6 nitrogen and oxygen atoms in total. The number of hydrazone groups is 1. The zero-order valence-electron chi connectivity index (χ0n) is 16.4. The lowest BCUT2D eigenvalue weighted by molar-refractivity contribution is -0.118. The molecule has 0 bridgehead atoms. The van der Waals surface area contributed by atoms with Crippen molar-refractivity contribution < 1.29 is 14.3 Å². The van der Waals surface area contributed by atoms with Gasteiger partial charge in [-0.05, 0) is 60.5 Å². The predicted molar refractivity (Wildman–Crippen MR) is 116 cm³/mol. The van der Waals surface area contributed by atoms with Crippen molar-refractivity contribution in [3.8, 4) is 11.5 Å². The van der Waals surface area contributed by atoms with Crippen LogP contribution in [-0.4, -0.2) is 25.8 Å². The van der Waals surface area contributed by atoms with Gasteiger partial charge in [-0.25, -0.2) is 0 Å². The normalized spacial score (nSPS) is 10.6. The van der Waals surface area contributed by atoms with Crippen molar-refractivity contribution in [1.29, 1.82) is 0 Å². The average molecular weight is 389 g/mol. The molecule has 0 heterocycles. The van der Waals surface area contributed by atoms with E-state index in [2.05, 4.69) is 15.8 Å². The topological polar surface area (TPSA) is 71.9 Å². The highest BCUT2D eigenvalue weighted by atomic mass is 16.5. The fourth-order valence-corrected chi connectivity index (χ4v) is 2.64. The molecule has 3 aromatic carbocycles. The Kier molecular flexibility index (Phi) is 6.84. The molecule has 0 aliphatic carbocycles. The molecule has 148 valence electrons. The lowest BCUT2D eigenvalue weighted by Gasteiger charge is -2.11. The maximum atomic E-state index is 12.1. The third-order valence-corrected chi connectivity index (χ3v) is 4.03. The second kappa shape index (κ2) is 9.94. The molecule has 0 aliphatic heterocycles. The van der Waals surface area contributed by atoms with Gasteiger partial charge in [-0.1, -0.05) is 30.3 Å². The van der Waals surface area contributed by atoms with Gasteiger partial charge in [0.2, 0.25) is 0 Å². The van der Waals surface area contributed by atoms with E-state index < -0.39 is 0 Å². The molecule has 0 aliphatic rings. The maximum Gasteiger partial charge on any atom is 0.262 e. The van der Waals surface area contributed by atoms with E-state index in [0.29, 0.717) is 11.5 Å². The van der Waals surface area contributed by atoms with E-state index in [9.17, 15) is 4.79 Å². The number of hydrogen-bond acceptors (Lipinski definition) is 5. The van der Waals surface area contributed by atoms with Crippen molar-refractivity contribution in [2.75, 3.05) is 24.5 Å². The minimum Gasteiger partial charge on any atom is -0.493 e. The second-order valence-electron chi connectivity index (χ2n) is 6.35. The minimum atomic E-state index is -0.240. The highest BCUT2D eigenvalue weighted by Gasteiger charge is 2.09. The van der Waals surface area contributed by atoms with Crippen molar-refractivity contribution in [1.82, 2.24) is 0 Å². The number of carbonyl (C=O) groups is 1. The Morgan fingerprint density at radius 3 is 2.52 bits per heavy atom. The fraction of sp³-hybridized carbons (Fsp3) is 0.130. The molecular formula is C23H23N3O3. The number of ether oxygens (including phenoxy) is 2. The predicted octanol–water partition coefficient (Wildman–Crippen LogP) is 4.47. The number of hydrogen-bond donors (Lipinski definition) is 2. The molecule has 0 saturated carbocycles. The van der Waals surface area contributed by atoms with Crippen molar-refractivity contribution >= 4 is 23.5 Å². The van der Waals surface area contributed by atoms with Crippen LogP contribution in [0.4, 0.5) is 11.4 Å². The van der Waals surface area contributed by atoms with Gasteiger partial charge < -0.3 is 14.8 Å². The lowest BCUT2D eigenvalue weighted by atomic mass is 10.2. The maximum absolute atomic E-state index is 12.1. The molecule has 2 N–H and O–H groups in total. The number of methoxy groups -OCH3 is 1. The largest absolute Gasteiger partial charge is 0.493 e. The van der Waals surface area contributed by atoms with Crippen LogP contribution < -0.4 is 20.2 Å². The summed E-state index contributed by atoms with van der Waals surface area (Å²) >= 11 is 0. The first-order valence-corrected chi connectivity index (χ1v) is 9.15. The summed E-state index contributed by atoms with van der Waals surface area (Å²) in [5.41, 5.74) is 6.50. The van der Waals surface area contributed by atoms with Crippen molar-refractivity contribution in [3.63, 3.8) is 0 Å². The molecule has 3 rings (SSSR count). The summed E-state index contributed by atoms with van der Waals surface area (Å²) in [6.45, 7) is 1.85. The van der Waals surface area contributed by atoms with Gasteiger partial charge in [0.05, 0.1) is 19.0 Å². The zero-order chi connectivity index (χ0) is 20.5. The van der Waals surface area contributed by atoms with E-state index in [-0.39, 0.29) is 12.5 Å². The van der Waals surface area contributed by atoms with Gasteiger partial charge in [0.15, 0.2) is 18.1 Å². The van der Waals surface area contributed by atoms with E-state index in [4.69, 9.17) is 9.47 Å². The Morgan fingerprint density at radius 2 is 1.76 bits per heavy atom. The first kappa shape index (κ1) is 19.9. The zero-order valence-corrected chi connectivity index (χ0v) is 16.4. The minimum absolute atomic E-state index is 0.118. The number of amides is 1. The Hall–Kier alpha value is -3.80. The number of nitrogens with zero attached hydrogens (tertiary/aromatic N) is 1. The monoisotopic (exact) mass is 389 g/mol. The molecule has 29 heavy (non-hydrogen) atoms. The number of anilines is 2. The van der Waals surface area contributed by atoms with Crippen LogP contribution in [0.5, 0.6) is 11.5 Å². The second-order valence-corrected chi connectivity index (χ2v) is 6.35. The van der Waals surface area contributed by atoms with Gasteiger partial charge in [-0.2, -0.15) is 5.10 Å². The molecule has 0 atom stereocenters. The van der Waals surface area contributed by atoms with Gasteiger partial charge in [0, 0.05) is 5.69 Å². The van der Waals surface area contributed by atoms with Crippen LogP contribution in [0.25, 0.3) is 0 Å². The number of carbonyl (C=O) groups excluding carboxylic acids is 1. The van der Waals surface area contributed by atoms with Crippen molar-refractivity contribution in [2.45, 2.75) is 6.92 Å². The number of para-hydroxylation sites is 1. The molecule has 0 unspecified atom stereocenters. The smallest absolute Gasteiger partial charge is 0.262 e. The Morgan fingerprint density at radius 1 is 0.966 bits per heavy atom. The van der Waals surface area contributed by atoms with Crippen LogP contribution in [0.2, 0.25) is 0 Å². The number of benzene rings is 3. The van der Waals surface area contributed by atoms with Crippen LogP contribution in [0.3, 0.4) is 0 Å². The molecule has 3 aromatic rings. The first-order valence-electron chi connectivity index (χ1n) is 9.15.